The van der Waals surface area contributed by atoms with Gasteiger partial charge in [0.15, 0.2) is 0 Å². The van der Waals surface area contributed by atoms with Crippen molar-refractivity contribution in [3.05, 3.63) is 0 Å². The monoisotopic (exact) mass is 257 g/mol. The van der Waals surface area contributed by atoms with Crippen molar-refractivity contribution in [2.24, 2.45) is 5.92 Å². The summed E-state index contributed by atoms with van der Waals surface area (Å²) in [7, 11) is 0. The number of rotatable bonds is 6. The van der Waals surface area contributed by atoms with Gasteiger partial charge in [-0.15, -0.1) is 0 Å². The highest BCUT2D eigenvalue weighted by atomic mass is 16.5. The fourth-order valence-corrected chi connectivity index (χ4v) is 3.26. The van der Waals surface area contributed by atoms with E-state index in [1.807, 2.05) is 0 Å². The van der Waals surface area contributed by atoms with E-state index in [0.717, 1.165) is 32.5 Å². The van der Waals surface area contributed by atoms with Crippen LogP contribution >= 0.6 is 0 Å². The summed E-state index contributed by atoms with van der Waals surface area (Å²) in [6.45, 7) is 15.9. The minimum Gasteiger partial charge on any atom is -0.393 e. The van der Waals surface area contributed by atoms with E-state index in [1.54, 1.807) is 0 Å². The second-order valence-corrected chi connectivity index (χ2v) is 6.66. The highest BCUT2D eigenvalue weighted by Gasteiger charge is 2.48. The summed E-state index contributed by atoms with van der Waals surface area (Å²) in [4.78, 5) is 2.36. The highest BCUT2D eigenvalue weighted by Crippen LogP contribution is 2.44. The van der Waals surface area contributed by atoms with Gasteiger partial charge in [0, 0.05) is 12.5 Å². The fourth-order valence-electron chi connectivity index (χ4n) is 3.26. The van der Waals surface area contributed by atoms with Gasteiger partial charge in [0.2, 0.25) is 0 Å². The maximum Gasteiger partial charge on any atom is 0.0687 e. The predicted molar refractivity (Wildman–Crippen MR) is 75.8 cm³/mol. The number of hydrogen-bond acceptors (Lipinski definition) is 3. The Kier molecular flexibility index (Phi) is 5.22. The Balaban J connectivity index is 2.54. The molecule has 2 atom stereocenters. The van der Waals surface area contributed by atoms with Crippen molar-refractivity contribution >= 4 is 0 Å². The minimum absolute atomic E-state index is 0.107. The molecule has 0 bridgehead atoms. The molecule has 1 aliphatic heterocycles. The van der Waals surface area contributed by atoms with Gasteiger partial charge >= 0.3 is 0 Å². The molecule has 108 valence electrons. The zero-order valence-corrected chi connectivity index (χ0v) is 13.0. The lowest BCUT2D eigenvalue weighted by atomic mass is 9.82. The van der Waals surface area contributed by atoms with E-state index in [2.05, 4.69) is 46.4 Å². The average Bonchev–Trinajstić information content (AvgIpc) is 2.48. The van der Waals surface area contributed by atoms with E-state index in [9.17, 15) is 5.11 Å². The summed E-state index contributed by atoms with van der Waals surface area (Å²) in [6.07, 6.45) is 1.52. The van der Waals surface area contributed by atoms with Crippen LogP contribution in [0.15, 0.2) is 0 Å². The smallest absolute Gasteiger partial charge is 0.0687 e. The Morgan fingerprint density at radius 2 is 1.78 bits per heavy atom. The first kappa shape index (κ1) is 15.9. The van der Waals surface area contributed by atoms with Crippen LogP contribution in [0, 0.1) is 5.92 Å². The Bertz CT molecular complexity index is 259. The van der Waals surface area contributed by atoms with E-state index in [-0.39, 0.29) is 23.2 Å². The molecule has 18 heavy (non-hydrogen) atoms. The van der Waals surface area contributed by atoms with Crippen LogP contribution in [0.2, 0.25) is 0 Å². The fraction of sp³-hybridized carbons (Fsp3) is 1.00. The average molecular weight is 257 g/mol. The SMILES string of the molecule is CCN(CC)CCC(O)C1CC(C)(C)OC1(C)C. The van der Waals surface area contributed by atoms with Crippen LogP contribution in [-0.2, 0) is 4.74 Å². The summed E-state index contributed by atoms with van der Waals surface area (Å²) in [6, 6.07) is 0. The molecule has 0 aromatic heterocycles. The van der Waals surface area contributed by atoms with Gasteiger partial charge in [-0.25, -0.2) is 0 Å². The second kappa shape index (κ2) is 5.89. The Labute approximate surface area is 113 Å². The van der Waals surface area contributed by atoms with Crippen molar-refractivity contribution in [1.82, 2.24) is 4.90 Å². The second-order valence-electron chi connectivity index (χ2n) is 6.66. The van der Waals surface area contributed by atoms with E-state index in [0.29, 0.717) is 0 Å². The van der Waals surface area contributed by atoms with Crippen LogP contribution in [0.4, 0.5) is 0 Å². The lowest BCUT2D eigenvalue weighted by Crippen LogP contribution is -2.38. The molecular weight excluding hydrogens is 226 g/mol. The zero-order chi connectivity index (χ0) is 14.0. The summed E-state index contributed by atoms with van der Waals surface area (Å²) in [5.74, 6) is 0.239. The van der Waals surface area contributed by atoms with Crippen LogP contribution in [0.5, 0.6) is 0 Å². The molecule has 2 unspecified atom stereocenters. The van der Waals surface area contributed by atoms with Crippen molar-refractivity contribution in [3.8, 4) is 0 Å². The molecule has 1 N–H and O–H groups in total. The topological polar surface area (TPSA) is 32.7 Å². The molecule has 0 aromatic rings. The van der Waals surface area contributed by atoms with Crippen LogP contribution < -0.4 is 0 Å². The van der Waals surface area contributed by atoms with Crippen molar-refractivity contribution in [3.63, 3.8) is 0 Å². The zero-order valence-electron chi connectivity index (χ0n) is 13.0. The Hall–Kier alpha value is -0.120. The number of ether oxygens (including phenoxy) is 1. The maximum absolute atomic E-state index is 10.5. The van der Waals surface area contributed by atoms with Crippen LogP contribution in [0.1, 0.15) is 54.4 Å². The maximum atomic E-state index is 10.5. The summed E-state index contributed by atoms with van der Waals surface area (Å²) in [5.41, 5.74) is -0.323. The van der Waals surface area contributed by atoms with Crippen molar-refractivity contribution < 1.29 is 9.84 Å². The molecule has 0 amide bonds. The normalized spacial score (nSPS) is 27.7. The third-order valence-corrected chi connectivity index (χ3v) is 4.24. The summed E-state index contributed by atoms with van der Waals surface area (Å²) < 4.78 is 6.06. The highest BCUT2D eigenvalue weighted by molar-refractivity contribution is 4.97. The first-order valence-electron chi connectivity index (χ1n) is 7.32. The molecule has 0 saturated carbocycles. The van der Waals surface area contributed by atoms with E-state index in [4.69, 9.17) is 4.74 Å². The lowest BCUT2D eigenvalue weighted by Gasteiger charge is -2.31. The minimum atomic E-state index is -0.262. The molecule has 0 aliphatic carbocycles. The molecule has 3 nitrogen and oxygen atoms in total. The lowest BCUT2D eigenvalue weighted by molar-refractivity contribution is -0.0885. The molecule has 3 heteroatoms. The van der Waals surface area contributed by atoms with E-state index < -0.39 is 0 Å². The van der Waals surface area contributed by atoms with Crippen molar-refractivity contribution in [2.45, 2.75) is 71.7 Å². The standard InChI is InChI=1S/C15H31NO2/c1-7-16(8-2)10-9-13(17)12-11-14(3,4)18-15(12,5)6/h12-13,17H,7-11H2,1-6H3. The number of aliphatic hydroxyl groups excluding tert-OH is 1. The van der Waals surface area contributed by atoms with Gasteiger partial charge in [0.25, 0.3) is 0 Å². The van der Waals surface area contributed by atoms with E-state index >= 15 is 0 Å². The first-order valence-corrected chi connectivity index (χ1v) is 7.32. The Morgan fingerprint density at radius 1 is 1.22 bits per heavy atom. The molecule has 0 radical (unpaired) electrons. The molecule has 1 heterocycles. The Morgan fingerprint density at radius 3 is 2.17 bits per heavy atom. The third-order valence-electron chi connectivity index (χ3n) is 4.24. The molecule has 0 spiro atoms. The van der Waals surface area contributed by atoms with Crippen LogP contribution in [-0.4, -0.2) is 46.9 Å². The summed E-state index contributed by atoms with van der Waals surface area (Å²) in [5, 5.41) is 10.5. The van der Waals surface area contributed by atoms with Crippen LogP contribution in [0.3, 0.4) is 0 Å². The summed E-state index contributed by atoms with van der Waals surface area (Å²) >= 11 is 0. The van der Waals surface area contributed by atoms with Gasteiger partial charge in [-0.1, -0.05) is 13.8 Å². The number of nitrogens with zero attached hydrogens (tertiary/aromatic N) is 1. The van der Waals surface area contributed by atoms with Gasteiger partial charge in [-0.05, 0) is 53.6 Å². The van der Waals surface area contributed by atoms with Crippen molar-refractivity contribution in [1.29, 1.82) is 0 Å². The van der Waals surface area contributed by atoms with Gasteiger partial charge in [-0.2, -0.15) is 0 Å². The first-order chi connectivity index (χ1) is 8.22. The largest absolute Gasteiger partial charge is 0.393 e. The predicted octanol–water partition coefficient (Wildman–Crippen LogP) is 2.67. The quantitative estimate of drug-likeness (QED) is 0.794. The number of hydrogen-bond donors (Lipinski definition) is 1. The molecular formula is C15H31NO2. The van der Waals surface area contributed by atoms with Gasteiger partial charge in [-0.3, -0.25) is 0 Å². The third kappa shape index (κ3) is 3.94. The number of aliphatic hydroxyl groups is 1. The van der Waals surface area contributed by atoms with Gasteiger partial charge < -0.3 is 14.7 Å². The van der Waals surface area contributed by atoms with Crippen LogP contribution in [0.25, 0.3) is 0 Å². The molecule has 0 aromatic carbocycles. The molecule has 1 aliphatic rings. The molecule has 1 saturated heterocycles. The van der Waals surface area contributed by atoms with Gasteiger partial charge in [0.1, 0.15) is 0 Å². The van der Waals surface area contributed by atoms with Gasteiger partial charge in [0.05, 0.1) is 17.3 Å². The van der Waals surface area contributed by atoms with E-state index in [1.165, 1.54) is 0 Å². The van der Waals surface area contributed by atoms with Crippen molar-refractivity contribution in [2.75, 3.05) is 19.6 Å². The molecule has 1 fully saturated rings. The molecule has 1 rings (SSSR count).